The number of nitrogens with one attached hydrogen (secondary N) is 2. The Bertz CT molecular complexity index is 1230. The van der Waals surface area contributed by atoms with E-state index in [-0.39, 0.29) is 11.6 Å². The van der Waals surface area contributed by atoms with Crippen molar-refractivity contribution in [3.05, 3.63) is 65.6 Å². The highest BCUT2D eigenvalue weighted by Crippen LogP contribution is 2.33. The van der Waals surface area contributed by atoms with Crippen molar-refractivity contribution in [2.75, 3.05) is 29.7 Å². The predicted octanol–water partition coefficient (Wildman–Crippen LogP) is 2.62. The van der Waals surface area contributed by atoms with Crippen LogP contribution in [0.1, 0.15) is 16.8 Å². The number of amides is 1. The van der Waals surface area contributed by atoms with Gasteiger partial charge in [0.15, 0.2) is 11.9 Å². The summed E-state index contributed by atoms with van der Waals surface area (Å²) >= 11 is 0. The van der Waals surface area contributed by atoms with Crippen molar-refractivity contribution >= 4 is 23.4 Å². The molecule has 33 heavy (non-hydrogen) atoms. The highest BCUT2D eigenvalue weighted by atomic mass is 19.1. The molecule has 3 N–H and O–H groups in total. The largest absolute Gasteiger partial charge is 0.510 e. The average molecular weight is 453 g/mol. The Morgan fingerprint density at radius 1 is 1.39 bits per heavy atom. The van der Waals surface area contributed by atoms with Gasteiger partial charge in [0.2, 0.25) is 5.95 Å². The first kappa shape index (κ1) is 22.1. The molecule has 11 heteroatoms. The number of halogens is 1. The molecule has 1 amide bonds. The number of aliphatic hydroxyl groups excluding tert-OH is 1. The minimum Gasteiger partial charge on any atom is -0.510 e. The Balaban J connectivity index is 1.48. The summed E-state index contributed by atoms with van der Waals surface area (Å²) in [5, 5.41) is 20.0. The van der Waals surface area contributed by atoms with E-state index in [2.05, 4.69) is 32.3 Å². The number of rotatable bonds is 7. The van der Waals surface area contributed by atoms with Crippen LogP contribution in [0.3, 0.4) is 0 Å². The second kappa shape index (κ2) is 8.77. The van der Waals surface area contributed by atoms with Gasteiger partial charge in [0, 0.05) is 37.0 Å². The molecule has 0 radical (unpaired) electrons. The van der Waals surface area contributed by atoms with Gasteiger partial charge in [-0.05, 0) is 13.0 Å². The van der Waals surface area contributed by atoms with E-state index in [4.69, 9.17) is 4.74 Å². The summed E-state index contributed by atoms with van der Waals surface area (Å²) in [4.78, 5) is 22.7. The fraction of sp³-hybridized carbons (Fsp3) is 0.273. The van der Waals surface area contributed by atoms with Crippen LogP contribution < -0.4 is 20.3 Å². The molecule has 1 aliphatic rings. The molecule has 0 saturated heterocycles. The van der Waals surface area contributed by atoms with E-state index in [1.807, 2.05) is 6.20 Å². The fourth-order valence-corrected chi connectivity index (χ4v) is 3.69. The molecule has 10 nitrogen and oxygen atoms in total. The number of aliphatic hydroxyl groups is 1. The lowest BCUT2D eigenvalue weighted by atomic mass is 10.1. The number of aryl methyl sites for hydroxylation is 1. The minimum absolute atomic E-state index is 0.267. The minimum atomic E-state index is -0.929. The Kier molecular flexibility index (Phi) is 5.86. The monoisotopic (exact) mass is 453 g/mol. The Labute approximate surface area is 189 Å². The summed E-state index contributed by atoms with van der Waals surface area (Å²) < 4.78 is 20.4. The molecule has 1 aromatic carbocycles. The molecule has 0 spiro atoms. The summed E-state index contributed by atoms with van der Waals surface area (Å²) in [6.45, 7) is 6.08. The predicted molar refractivity (Wildman–Crippen MR) is 121 cm³/mol. The molecule has 0 bridgehead atoms. The molecule has 0 aliphatic carbocycles. The number of likely N-dealkylation sites (N-methyl/N-ethyl adjacent to an activating group) is 1. The lowest BCUT2D eigenvalue weighted by molar-refractivity contribution is -0.117. The first-order chi connectivity index (χ1) is 15.8. The number of nitrogens with zero attached hydrogens (tertiary/aromatic N) is 5. The van der Waals surface area contributed by atoms with E-state index in [1.54, 1.807) is 35.8 Å². The second-order valence-corrected chi connectivity index (χ2v) is 7.68. The van der Waals surface area contributed by atoms with Crippen molar-refractivity contribution in [2.24, 2.45) is 0 Å². The summed E-state index contributed by atoms with van der Waals surface area (Å²) in [7, 11) is 3.16. The molecule has 3 aromatic rings. The maximum Gasteiger partial charge on any atom is 0.255 e. The van der Waals surface area contributed by atoms with Crippen LogP contribution in [0, 0.1) is 12.7 Å². The van der Waals surface area contributed by atoms with Gasteiger partial charge in [0.1, 0.15) is 23.0 Å². The summed E-state index contributed by atoms with van der Waals surface area (Å²) in [5.74, 6) is 0.282. The van der Waals surface area contributed by atoms with Gasteiger partial charge in [0.25, 0.3) is 5.91 Å². The van der Waals surface area contributed by atoms with E-state index in [0.717, 1.165) is 11.1 Å². The second-order valence-electron chi connectivity index (χ2n) is 7.68. The maximum atomic E-state index is 13.4. The van der Waals surface area contributed by atoms with Gasteiger partial charge in [-0.15, -0.1) is 0 Å². The molecule has 0 saturated carbocycles. The molecule has 4 rings (SSSR count). The third-order valence-electron chi connectivity index (χ3n) is 5.32. The number of benzene rings is 1. The van der Waals surface area contributed by atoms with Crippen molar-refractivity contribution in [3.63, 3.8) is 0 Å². The van der Waals surface area contributed by atoms with Gasteiger partial charge in [-0.3, -0.25) is 9.48 Å². The van der Waals surface area contributed by atoms with Crippen LogP contribution in [0.2, 0.25) is 0 Å². The van der Waals surface area contributed by atoms with Crippen molar-refractivity contribution in [1.29, 1.82) is 0 Å². The summed E-state index contributed by atoms with van der Waals surface area (Å²) in [5.41, 5.74) is 2.77. The highest BCUT2D eigenvalue weighted by molar-refractivity contribution is 6.04. The molecular weight excluding hydrogens is 429 g/mol. The van der Waals surface area contributed by atoms with E-state index in [9.17, 15) is 14.3 Å². The number of anilines is 3. The van der Waals surface area contributed by atoms with E-state index < -0.39 is 11.9 Å². The molecule has 3 heterocycles. The zero-order chi connectivity index (χ0) is 23.7. The number of hydrogen-bond acceptors (Lipinski definition) is 8. The first-order valence-corrected chi connectivity index (χ1v) is 10.1. The quantitative estimate of drug-likeness (QED) is 0.468. The van der Waals surface area contributed by atoms with Gasteiger partial charge < -0.3 is 25.4 Å². The molecule has 172 valence electrons. The van der Waals surface area contributed by atoms with Gasteiger partial charge in [-0.2, -0.15) is 10.1 Å². The van der Waals surface area contributed by atoms with Crippen molar-refractivity contribution in [2.45, 2.75) is 26.1 Å². The first-order valence-electron chi connectivity index (χ1n) is 10.1. The number of aromatic nitrogens is 4. The molecular formula is C22H24FN7O3. The van der Waals surface area contributed by atoms with E-state index >= 15 is 0 Å². The number of methoxy groups -OCH3 is 1. The molecule has 0 fully saturated rings. The van der Waals surface area contributed by atoms with Crippen LogP contribution >= 0.6 is 0 Å². The van der Waals surface area contributed by atoms with E-state index in [0.29, 0.717) is 42.0 Å². The summed E-state index contributed by atoms with van der Waals surface area (Å²) in [6, 6.07) is 3.46. The smallest absolute Gasteiger partial charge is 0.255 e. The lowest BCUT2D eigenvalue weighted by Gasteiger charge is -2.34. The van der Waals surface area contributed by atoms with Crippen LogP contribution in [0.15, 0.2) is 42.9 Å². The van der Waals surface area contributed by atoms with Gasteiger partial charge >= 0.3 is 0 Å². The SMILES string of the molecule is C=C(O)[C@H]1C(=O)Nc2c(C)nc(NCc3cnn(Cc4ccc(F)cc4OC)c3)nc2N1C. The zero-order valence-electron chi connectivity index (χ0n) is 18.5. The molecule has 2 aromatic heterocycles. The van der Waals surface area contributed by atoms with E-state index in [1.165, 1.54) is 19.2 Å². The highest BCUT2D eigenvalue weighted by Gasteiger charge is 2.35. The van der Waals surface area contributed by atoms with Crippen LogP contribution in [-0.2, 0) is 17.9 Å². The van der Waals surface area contributed by atoms with Crippen LogP contribution in [-0.4, -0.2) is 51.0 Å². The molecule has 1 atom stereocenters. The number of hydrogen-bond donors (Lipinski definition) is 3. The lowest BCUT2D eigenvalue weighted by Crippen LogP contribution is -2.47. The third-order valence-corrected chi connectivity index (χ3v) is 5.32. The Morgan fingerprint density at radius 3 is 2.91 bits per heavy atom. The zero-order valence-corrected chi connectivity index (χ0v) is 18.5. The standard InChI is InChI=1S/C22H24FN7O3/c1-12-18-20(29(3)19(13(2)31)21(32)27-18)28-22(26-12)24-8-14-9-25-30(10-14)11-15-5-6-16(23)7-17(15)33-4/h5-7,9-10,19,31H,2,8,11H2,1,3-4H3,(H,27,32)(H,24,26,28)/t19-/m0/s1. The topological polar surface area (TPSA) is 117 Å². The van der Waals surface area contributed by atoms with Crippen molar-refractivity contribution in [3.8, 4) is 5.75 Å². The molecule has 0 unspecified atom stereocenters. The van der Waals surface area contributed by atoms with Crippen LogP contribution in [0.25, 0.3) is 0 Å². The Morgan fingerprint density at radius 2 is 2.18 bits per heavy atom. The van der Waals surface area contributed by atoms with Crippen LogP contribution in [0.5, 0.6) is 5.75 Å². The number of carbonyl (C=O) groups is 1. The molecule has 1 aliphatic heterocycles. The van der Waals surface area contributed by atoms with Crippen molar-refractivity contribution in [1.82, 2.24) is 19.7 Å². The summed E-state index contributed by atoms with van der Waals surface area (Å²) in [6.07, 6.45) is 3.57. The van der Waals surface area contributed by atoms with Gasteiger partial charge in [-0.25, -0.2) is 9.37 Å². The fourth-order valence-electron chi connectivity index (χ4n) is 3.69. The number of fused-ring (bicyclic) bond motifs is 1. The third kappa shape index (κ3) is 4.43. The van der Waals surface area contributed by atoms with Gasteiger partial charge in [-0.1, -0.05) is 12.6 Å². The average Bonchev–Trinajstić information content (AvgIpc) is 3.21. The number of ether oxygens (including phenoxy) is 1. The van der Waals surface area contributed by atoms with Gasteiger partial charge in [0.05, 0.1) is 25.5 Å². The maximum absolute atomic E-state index is 13.4. The number of carbonyl (C=O) groups excluding carboxylic acids is 1. The normalized spacial score (nSPS) is 15.1. The van der Waals surface area contributed by atoms with Crippen molar-refractivity contribution < 1.29 is 19.0 Å². The van der Waals surface area contributed by atoms with Crippen LogP contribution in [0.4, 0.5) is 21.8 Å². The Hall–Kier alpha value is -4.15.